The number of oxime groups is 1. The number of benzene rings is 1. The van der Waals surface area contributed by atoms with E-state index in [9.17, 15) is 0 Å². The van der Waals surface area contributed by atoms with Crippen LogP contribution in [0.4, 0.5) is 0 Å². The smallest absolute Gasteiger partial charge is 0.170 e. The van der Waals surface area contributed by atoms with Crippen molar-refractivity contribution in [2.75, 3.05) is 12.8 Å². The minimum Gasteiger partial charge on any atom is -0.409 e. The maximum atomic E-state index is 8.60. The summed E-state index contributed by atoms with van der Waals surface area (Å²) in [5, 5.41) is 15.6. The van der Waals surface area contributed by atoms with Crippen LogP contribution in [0.3, 0.4) is 0 Å². The lowest BCUT2D eigenvalue weighted by molar-refractivity contribution is 0.318. The molecule has 0 saturated carbocycles. The van der Waals surface area contributed by atoms with Crippen molar-refractivity contribution in [2.24, 2.45) is 10.9 Å². The van der Waals surface area contributed by atoms with Crippen LogP contribution in [0, 0.1) is 0 Å². The molecule has 0 aliphatic rings. The molecule has 17 heavy (non-hydrogen) atoms. The average Bonchev–Trinajstić information content (AvgIpc) is 2.38. The number of amidine groups is 1. The lowest BCUT2D eigenvalue weighted by atomic mass is 10.1. The van der Waals surface area contributed by atoms with Crippen LogP contribution in [-0.2, 0) is 6.54 Å². The Kier molecular flexibility index (Phi) is 5.86. The van der Waals surface area contributed by atoms with Gasteiger partial charge >= 0.3 is 0 Å². The normalized spacial score (nSPS) is 13.6. The third kappa shape index (κ3) is 4.66. The summed E-state index contributed by atoms with van der Waals surface area (Å²) in [6.45, 7) is 3.94. The van der Waals surface area contributed by atoms with Gasteiger partial charge in [-0.25, -0.2) is 0 Å². The summed E-state index contributed by atoms with van der Waals surface area (Å²) in [5.74, 6) is 0.143. The van der Waals surface area contributed by atoms with Gasteiger partial charge in [-0.15, -0.1) is 0 Å². The summed E-state index contributed by atoms with van der Waals surface area (Å²) in [5.41, 5.74) is 7.41. The fourth-order valence-electron chi connectivity index (χ4n) is 1.40. The molecule has 4 N–H and O–H groups in total. The first-order valence-electron chi connectivity index (χ1n) is 5.47. The number of rotatable bonds is 6. The fraction of sp³-hybridized carbons (Fsp3) is 0.417. The second-order valence-corrected chi connectivity index (χ2v) is 5.14. The molecule has 1 unspecified atom stereocenters. The Morgan fingerprint density at radius 2 is 2.35 bits per heavy atom. The van der Waals surface area contributed by atoms with Crippen LogP contribution < -0.4 is 11.1 Å². The largest absolute Gasteiger partial charge is 0.409 e. The average molecular weight is 253 g/mol. The SMILES string of the molecule is CSC(C)CNCc1cccc(/C(N)=N/O)c1. The van der Waals surface area contributed by atoms with Gasteiger partial charge in [-0.05, 0) is 17.9 Å². The molecule has 4 nitrogen and oxygen atoms in total. The molecule has 0 aliphatic heterocycles. The quantitative estimate of drug-likeness (QED) is 0.312. The van der Waals surface area contributed by atoms with Crippen LogP contribution in [0.2, 0.25) is 0 Å². The van der Waals surface area contributed by atoms with Crippen LogP contribution in [0.25, 0.3) is 0 Å². The molecule has 0 fully saturated rings. The van der Waals surface area contributed by atoms with E-state index in [1.807, 2.05) is 36.0 Å². The molecule has 1 aromatic rings. The van der Waals surface area contributed by atoms with Gasteiger partial charge in [0.15, 0.2) is 5.84 Å². The van der Waals surface area contributed by atoms with E-state index in [-0.39, 0.29) is 5.84 Å². The Morgan fingerprint density at radius 3 is 3.00 bits per heavy atom. The first-order valence-corrected chi connectivity index (χ1v) is 6.76. The van der Waals surface area contributed by atoms with E-state index in [0.717, 1.165) is 24.2 Å². The molecule has 0 aromatic heterocycles. The molecule has 5 heteroatoms. The Hall–Kier alpha value is -1.20. The van der Waals surface area contributed by atoms with Crippen LogP contribution in [0.1, 0.15) is 18.1 Å². The van der Waals surface area contributed by atoms with Crippen molar-refractivity contribution in [2.45, 2.75) is 18.7 Å². The summed E-state index contributed by atoms with van der Waals surface area (Å²) in [6, 6.07) is 7.67. The van der Waals surface area contributed by atoms with Gasteiger partial charge in [-0.1, -0.05) is 30.3 Å². The van der Waals surface area contributed by atoms with E-state index < -0.39 is 0 Å². The maximum absolute atomic E-state index is 8.60. The number of thioether (sulfide) groups is 1. The van der Waals surface area contributed by atoms with Crippen molar-refractivity contribution in [1.29, 1.82) is 0 Å². The van der Waals surface area contributed by atoms with Crippen LogP contribution in [0.15, 0.2) is 29.4 Å². The van der Waals surface area contributed by atoms with E-state index in [0.29, 0.717) is 5.25 Å². The third-order valence-corrected chi connectivity index (χ3v) is 3.47. The highest BCUT2D eigenvalue weighted by Crippen LogP contribution is 2.06. The van der Waals surface area contributed by atoms with Crippen LogP contribution in [0.5, 0.6) is 0 Å². The molecular formula is C12H19N3OS. The molecule has 1 aromatic carbocycles. The number of nitrogens with zero attached hydrogens (tertiary/aromatic N) is 1. The predicted molar refractivity (Wildman–Crippen MR) is 73.6 cm³/mol. The molecule has 0 heterocycles. The van der Waals surface area contributed by atoms with E-state index in [1.54, 1.807) is 0 Å². The monoisotopic (exact) mass is 253 g/mol. The molecule has 0 saturated heterocycles. The van der Waals surface area contributed by atoms with Gasteiger partial charge in [-0.2, -0.15) is 11.8 Å². The molecule has 1 rings (SSSR count). The van der Waals surface area contributed by atoms with Gasteiger partial charge in [0.1, 0.15) is 0 Å². The lowest BCUT2D eigenvalue weighted by Gasteiger charge is -2.10. The number of nitrogens with two attached hydrogens (primary N) is 1. The Morgan fingerprint density at radius 1 is 1.59 bits per heavy atom. The second kappa shape index (κ2) is 7.19. The van der Waals surface area contributed by atoms with Gasteiger partial charge in [0.05, 0.1) is 0 Å². The molecule has 0 radical (unpaired) electrons. The van der Waals surface area contributed by atoms with Gasteiger partial charge in [0.25, 0.3) is 0 Å². The first kappa shape index (κ1) is 13.9. The molecule has 0 amide bonds. The van der Waals surface area contributed by atoms with Crippen molar-refractivity contribution in [3.05, 3.63) is 35.4 Å². The van der Waals surface area contributed by atoms with Crippen molar-refractivity contribution >= 4 is 17.6 Å². The highest BCUT2D eigenvalue weighted by Gasteiger charge is 2.02. The Balaban J connectivity index is 2.54. The third-order valence-electron chi connectivity index (χ3n) is 2.49. The maximum Gasteiger partial charge on any atom is 0.170 e. The summed E-state index contributed by atoms with van der Waals surface area (Å²) >= 11 is 1.84. The minimum atomic E-state index is 0.143. The van der Waals surface area contributed by atoms with Crippen molar-refractivity contribution in [3.8, 4) is 0 Å². The van der Waals surface area contributed by atoms with E-state index in [1.165, 1.54) is 0 Å². The van der Waals surface area contributed by atoms with Gasteiger partial charge < -0.3 is 16.3 Å². The zero-order chi connectivity index (χ0) is 12.7. The predicted octanol–water partition coefficient (Wildman–Crippen LogP) is 1.62. The van der Waals surface area contributed by atoms with E-state index in [2.05, 4.69) is 23.7 Å². The highest BCUT2D eigenvalue weighted by molar-refractivity contribution is 7.99. The van der Waals surface area contributed by atoms with E-state index in [4.69, 9.17) is 10.9 Å². The molecule has 0 aliphatic carbocycles. The Labute approximate surface area is 106 Å². The topological polar surface area (TPSA) is 70.6 Å². The number of hydrogen-bond donors (Lipinski definition) is 3. The minimum absolute atomic E-state index is 0.143. The number of nitrogens with one attached hydrogen (secondary N) is 1. The van der Waals surface area contributed by atoms with Crippen molar-refractivity contribution < 1.29 is 5.21 Å². The number of hydrogen-bond acceptors (Lipinski definition) is 4. The Bertz CT molecular complexity index is 382. The van der Waals surface area contributed by atoms with Crippen molar-refractivity contribution in [1.82, 2.24) is 5.32 Å². The zero-order valence-electron chi connectivity index (χ0n) is 10.2. The summed E-state index contributed by atoms with van der Waals surface area (Å²) in [7, 11) is 0. The highest BCUT2D eigenvalue weighted by atomic mass is 32.2. The van der Waals surface area contributed by atoms with Crippen LogP contribution >= 0.6 is 11.8 Å². The lowest BCUT2D eigenvalue weighted by Crippen LogP contribution is -2.22. The standard InChI is InChI=1S/C12H19N3OS/c1-9(17-2)7-14-8-10-4-3-5-11(6-10)12(13)15-16/h3-6,9,14,16H,7-8H2,1-2H3,(H2,13,15). The molecule has 1 atom stereocenters. The van der Waals surface area contributed by atoms with E-state index >= 15 is 0 Å². The van der Waals surface area contributed by atoms with Gasteiger partial charge in [0, 0.05) is 23.9 Å². The second-order valence-electron chi connectivity index (χ2n) is 3.86. The molecular weight excluding hydrogens is 234 g/mol. The fourth-order valence-corrected chi connectivity index (χ4v) is 1.69. The van der Waals surface area contributed by atoms with Crippen LogP contribution in [-0.4, -0.2) is 29.1 Å². The summed E-state index contributed by atoms with van der Waals surface area (Å²) in [6.07, 6.45) is 2.10. The molecule has 0 bridgehead atoms. The zero-order valence-corrected chi connectivity index (χ0v) is 11.0. The molecule has 0 spiro atoms. The summed E-state index contributed by atoms with van der Waals surface area (Å²) in [4.78, 5) is 0. The molecule has 94 valence electrons. The van der Waals surface area contributed by atoms with Gasteiger partial charge in [0.2, 0.25) is 0 Å². The first-order chi connectivity index (χ1) is 8.17. The van der Waals surface area contributed by atoms with Gasteiger partial charge in [-0.3, -0.25) is 0 Å². The summed E-state index contributed by atoms with van der Waals surface area (Å²) < 4.78 is 0. The van der Waals surface area contributed by atoms with Crippen molar-refractivity contribution in [3.63, 3.8) is 0 Å².